The molecule has 0 aliphatic carbocycles. The molecule has 0 amide bonds. The van der Waals surface area contributed by atoms with E-state index < -0.39 is 0 Å². The highest BCUT2D eigenvalue weighted by Crippen LogP contribution is 2.40. The van der Waals surface area contributed by atoms with Crippen molar-refractivity contribution in [3.63, 3.8) is 0 Å². The van der Waals surface area contributed by atoms with E-state index in [1.165, 1.54) is 19.3 Å². The van der Waals surface area contributed by atoms with Crippen LogP contribution in [0.2, 0.25) is 0 Å². The number of anilines is 1. The van der Waals surface area contributed by atoms with Gasteiger partial charge in [0.15, 0.2) is 0 Å². The van der Waals surface area contributed by atoms with Gasteiger partial charge in [-0.2, -0.15) is 0 Å². The molecule has 2 aliphatic rings. The molecule has 1 atom stereocenters. The molecule has 22 heavy (non-hydrogen) atoms. The van der Waals surface area contributed by atoms with Gasteiger partial charge < -0.3 is 9.32 Å². The molecule has 0 N–H and O–H groups in total. The summed E-state index contributed by atoms with van der Waals surface area (Å²) in [5.74, 6) is 1.95. The maximum atomic E-state index is 5.49. The van der Waals surface area contributed by atoms with Crippen molar-refractivity contribution in [2.24, 2.45) is 5.41 Å². The van der Waals surface area contributed by atoms with E-state index in [0.29, 0.717) is 5.41 Å². The number of rotatable bonds is 3. The fourth-order valence-electron chi connectivity index (χ4n) is 3.95. The minimum Gasteiger partial charge on any atom is -0.468 e. The maximum Gasteiger partial charge on any atom is 0.225 e. The molecule has 0 aromatic carbocycles. The van der Waals surface area contributed by atoms with Gasteiger partial charge in [-0.05, 0) is 44.0 Å². The highest BCUT2D eigenvalue weighted by Gasteiger charge is 2.41. The molecule has 2 fully saturated rings. The van der Waals surface area contributed by atoms with Crippen LogP contribution < -0.4 is 4.90 Å². The summed E-state index contributed by atoms with van der Waals surface area (Å²) in [6.45, 7) is 5.38. The molecule has 4 heterocycles. The first-order valence-electron chi connectivity index (χ1n) is 8.10. The summed E-state index contributed by atoms with van der Waals surface area (Å²) in [5.41, 5.74) is 0.393. The molecule has 2 aromatic rings. The Kier molecular flexibility index (Phi) is 3.58. The second-order valence-electron chi connectivity index (χ2n) is 6.61. The molecular formula is C17H22N4O. The van der Waals surface area contributed by atoms with E-state index in [9.17, 15) is 0 Å². The lowest BCUT2D eigenvalue weighted by Gasteiger charge is -2.40. The van der Waals surface area contributed by atoms with Crippen LogP contribution in [-0.4, -0.2) is 41.0 Å². The topological polar surface area (TPSA) is 45.4 Å². The van der Waals surface area contributed by atoms with E-state index in [2.05, 4.69) is 25.8 Å². The summed E-state index contributed by atoms with van der Waals surface area (Å²) in [4.78, 5) is 13.7. The van der Waals surface area contributed by atoms with Gasteiger partial charge in [-0.15, -0.1) is 0 Å². The standard InChI is InChI=1S/C17H22N4O/c1-4-15(22-11-1)12-20-10-6-17(13-20)5-2-9-21(14-17)16-18-7-3-8-19-16/h1,3-4,7-8,11H,2,5-6,9-10,12-14H2/t17-/m0/s1. The first-order valence-corrected chi connectivity index (χ1v) is 8.10. The Morgan fingerprint density at radius 2 is 2.00 bits per heavy atom. The molecule has 2 aromatic heterocycles. The third-order valence-electron chi connectivity index (χ3n) is 4.97. The molecule has 5 heteroatoms. The lowest BCUT2D eigenvalue weighted by molar-refractivity contribution is 0.208. The predicted molar refractivity (Wildman–Crippen MR) is 84.5 cm³/mol. The average molecular weight is 298 g/mol. The van der Waals surface area contributed by atoms with Crippen molar-refractivity contribution in [3.8, 4) is 0 Å². The zero-order valence-corrected chi connectivity index (χ0v) is 12.8. The molecule has 0 unspecified atom stereocenters. The van der Waals surface area contributed by atoms with E-state index in [4.69, 9.17) is 4.42 Å². The largest absolute Gasteiger partial charge is 0.468 e. The van der Waals surface area contributed by atoms with E-state index in [1.54, 1.807) is 6.26 Å². The van der Waals surface area contributed by atoms with Crippen molar-refractivity contribution in [1.29, 1.82) is 0 Å². The number of likely N-dealkylation sites (tertiary alicyclic amines) is 1. The molecular weight excluding hydrogens is 276 g/mol. The zero-order chi connectivity index (χ0) is 14.8. The number of furan rings is 1. The molecule has 0 saturated carbocycles. The van der Waals surface area contributed by atoms with Crippen molar-refractivity contribution in [2.75, 3.05) is 31.1 Å². The smallest absolute Gasteiger partial charge is 0.225 e. The van der Waals surface area contributed by atoms with Gasteiger partial charge in [0.2, 0.25) is 5.95 Å². The normalized spacial score (nSPS) is 25.9. The molecule has 1 spiro atoms. The van der Waals surface area contributed by atoms with Crippen molar-refractivity contribution >= 4 is 5.95 Å². The number of aromatic nitrogens is 2. The number of nitrogens with zero attached hydrogens (tertiary/aromatic N) is 4. The summed E-state index contributed by atoms with van der Waals surface area (Å²) >= 11 is 0. The van der Waals surface area contributed by atoms with Gasteiger partial charge in [-0.1, -0.05) is 0 Å². The Hall–Kier alpha value is -1.88. The third-order valence-corrected chi connectivity index (χ3v) is 4.97. The van der Waals surface area contributed by atoms with Crippen LogP contribution in [-0.2, 0) is 6.54 Å². The van der Waals surface area contributed by atoms with Crippen LogP contribution in [0.3, 0.4) is 0 Å². The molecule has 0 radical (unpaired) electrons. The van der Waals surface area contributed by atoms with Gasteiger partial charge in [0.05, 0.1) is 12.8 Å². The Bertz CT molecular complexity index is 600. The lowest BCUT2D eigenvalue weighted by Crippen LogP contribution is -2.45. The Morgan fingerprint density at radius 3 is 2.82 bits per heavy atom. The monoisotopic (exact) mass is 298 g/mol. The number of hydrogen-bond donors (Lipinski definition) is 0. The summed E-state index contributed by atoms with van der Waals surface area (Å²) in [6.07, 6.45) is 9.23. The summed E-state index contributed by atoms with van der Waals surface area (Å²) in [6, 6.07) is 5.91. The van der Waals surface area contributed by atoms with Crippen molar-refractivity contribution in [2.45, 2.75) is 25.8 Å². The first-order chi connectivity index (χ1) is 10.8. The van der Waals surface area contributed by atoms with E-state index >= 15 is 0 Å². The van der Waals surface area contributed by atoms with Gasteiger partial charge in [-0.25, -0.2) is 9.97 Å². The summed E-state index contributed by atoms with van der Waals surface area (Å²) in [7, 11) is 0. The second-order valence-corrected chi connectivity index (χ2v) is 6.61. The Balaban J connectivity index is 1.43. The molecule has 2 saturated heterocycles. The zero-order valence-electron chi connectivity index (χ0n) is 12.8. The van der Waals surface area contributed by atoms with Crippen LogP contribution in [0.4, 0.5) is 5.95 Å². The maximum absolute atomic E-state index is 5.49. The van der Waals surface area contributed by atoms with Crippen LogP contribution in [0.15, 0.2) is 41.3 Å². The lowest BCUT2D eigenvalue weighted by atomic mass is 9.79. The van der Waals surface area contributed by atoms with Gasteiger partial charge >= 0.3 is 0 Å². The number of piperidine rings is 1. The minimum absolute atomic E-state index is 0.393. The highest BCUT2D eigenvalue weighted by molar-refractivity contribution is 5.30. The van der Waals surface area contributed by atoms with Crippen molar-refractivity contribution in [1.82, 2.24) is 14.9 Å². The molecule has 2 aliphatic heterocycles. The second kappa shape index (κ2) is 5.72. The van der Waals surface area contributed by atoms with Gasteiger partial charge in [-0.3, -0.25) is 4.90 Å². The fraction of sp³-hybridized carbons (Fsp3) is 0.529. The summed E-state index contributed by atoms with van der Waals surface area (Å²) in [5, 5.41) is 0. The fourth-order valence-corrected chi connectivity index (χ4v) is 3.95. The molecule has 0 bridgehead atoms. The van der Waals surface area contributed by atoms with E-state index in [-0.39, 0.29) is 0 Å². The average Bonchev–Trinajstić information content (AvgIpc) is 3.20. The Labute approximate surface area is 131 Å². The Morgan fingerprint density at radius 1 is 1.09 bits per heavy atom. The van der Waals surface area contributed by atoms with Gasteiger partial charge in [0.25, 0.3) is 0 Å². The van der Waals surface area contributed by atoms with Crippen LogP contribution in [0.1, 0.15) is 25.0 Å². The molecule has 5 nitrogen and oxygen atoms in total. The van der Waals surface area contributed by atoms with Crippen molar-refractivity contribution < 1.29 is 4.42 Å². The van der Waals surface area contributed by atoms with Crippen LogP contribution in [0, 0.1) is 5.41 Å². The van der Waals surface area contributed by atoms with Gasteiger partial charge in [0, 0.05) is 37.4 Å². The van der Waals surface area contributed by atoms with Crippen LogP contribution in [0.5, 0.6) is 0 Å². The number of hydrogen-bond acceptors (Lipinski definition) is 5. The SMILES string of the molecule is c1cnc(N2CCC[C@@]3(CCN(Cc4ccco4)C3)C2)nc1. The van der Waals surface area contributed by atoms with E-state index in [1.807, 2.05) is 24.5 Å². The van der Waals surface area contributed by atoms with Gasteiger partial charge in [0.1, 0.15) is 5.76 Å². The minimum atomic E-state index is 0.393. The highest BCUT2D eigenvalue weighted by atomic mass is 16.3. The van der Waals surface area contributed by atoms with E-state index in [0.717, 1.165) is 44.4 Å². The first kappa shape index (κ1) is 13.8. The van der Waals surface area contributed by atoms with Crippen molar-refractivity contribution in [3.05, 3.63) is 42.6 Å². The summed E-state index contributed by atoms with van der Waals surface area (Å²) < 4.78 is 5.49. The predicted octanol–water partition coefficient (Wildman–Crippen LogP) is 2.56. The molecule has 4 rings (SSSR count). The van der Waals surface area contributed by atoms with Crippen LogP contribution in [0.25, 0.3) is 0 Å². The quantitative estimate of drug-likeness (QED) is 0.871. The van der Waals surface area contributed by atoms with Crippen LogP contribution >= 0.6 is 0 Å². The third kappa shape index (κ3) is 2.73. The molecule has 116 valence electrons.